The molecule has 0 saturated carbocycles. The fraction of sp³-hybridized carbons (Fsp3) is 0.600. The quantitative estimate of drug-likeness (QED) is 0.681. The third kappa shape index (κ3) is 6.02. The molecule has 0 saturated heterocycles. The van der Waals surface area contributed by atoms with E-state index < -0.39 is 0 Å². The molecule has 0 radical (unpaired) electrons. The summed E-state index contributed by atoms with van der Waals surface area (Å²) in [5.41, 5.74) is 1.46. The first-order valence-electron chi connectivity index (χ1n) is 7.19. The van der Waals surface area contributed by atoms with Crippen molar-refractivity contribution >= 4 is 11.7 Å². The number of anilines is 1. The van der Waals surface area contributed by atoms with Crippen molar-refractivity contribution in [2.45, 2.75) is 33.1 Å². The lowest BCUT2D eigenvalue weighted by atomic mass is 10.2. The van der Waals surface area contributed by atoms with Gasteiger partial charge in [0.25, 0.3) is 5.91 Å². The van der Waals surface area contributed by atoms with Crippen molar-refractivity contribution < 1.29 is 9.53 Å². The lowest BCUT2D eigenvalue weighted by Crippen LogP contribution is -2.25. The number of nitrogens with one attached hydrogen (secondary N) is 2. The van der Waals surface area contributed by atoms with E-state index in [9.17, 15) is 4.79 Å². The monoisotopic (exact) mass is 279 g/mol. The molecule has 0 aliphatic carbocycles. The molecule has 1 aromatic rings. The Kier molecular flexibility index (Phi) is 7.65. The number of carbonyl (C=O) groups is 1. The van der Waals surface area contributed by atoms with Gasteiger partial charge in [-0.3, -0.25) is 4.79 Å². The van der Waals surface area contributed by atoms with Crippen LogP contribution in [0.15, 0.2) is 12.1 Å². The van der Waals surface area contributed by atoms with E-state index in [1.807, 2.05) is 6.92 Å². The highest BCUT2D eigenvalue weighted by Crippen LogP contribution is 2.09. The van der Waals surface area contributed by atoms with E-state index in [-0.39, 0.29) is 5.91 Å². The van der Waals surface area contributed by atoms with Crippen molar-refractivity contribution in [1.82, 2.24) is 10.3 Å². The van der Waals surface area contributed by atoms with Gasteiger partial charge in [-0.05, 0) is 31.9 Å². The molecule has 5 heteroatoms. The van der Waals surface area contributed by atoms with Gasteiger partial charge in [-0.15, -0.1) is 0 Å². The Hall–Kier alpha value is -1.62. The molecule has 0 aliphatic rings. The molecule has 0 spiro atoms. The van der Waals surface area contributed by atoms with Crippen molar-refractivity contribution in [2.24, 2.45) is 0 Å². The van der Waals surface area contributed by atoms with Crippen molar-refractivity contribution in [3.63, 3.8) is 0 Å². The van der Waals surface area contributed by atoms with E-state index in [2.05, 4.69) is 22.5 Å². The van der Waals surface area contributed by atoms with Gasteiger partial charge in [0.05, 0.1) is 0 Å². The zero-order chi connectivity index (χ0) is 14.8. The number of aryl methyl sites for hydroxylation is 1. The van der Waals surface area contributed by atoms with Crippen LogP contribution >= 0.6 is 0 Å². The summed E-state index contributed by atoms with van der Waals surface area (Å²) < 4.78 is 5.45. The van der Waals surface area contributed by atoms with Gasteiger partial charge in [-0.1, -0.05) is 13.3 Å². The Morgan fingerprint density at radius 3 is 2.75 bits per heavy atom. The molecule has 112 valence electrons. The first kappa shape index (κ1) is 16.4. The maximum Gasteiger partial charge on any atom is 0.251 e. The number of carbonyl (C=O) groups excluding carboxylic acids is 1. The number of pyridine rings is 1. The summed E-state index contributed by atoms with van der Waals surface area (Å²) in [5, 5.41) is 5.84. The highest BCUT2D eigenvalue weighted by Gasteiger charge is 2.07. The van der Waals surface area contributed by atoms with Gasteiger partial charge < -0.3 is 15.4 Å². The zero-order valence-corrected chi connectivity index (χ0v) is 12.7. The number of aromatic nitrogens is 1. The van der Waals surface area contributed by atoms with Crippen molar-refractivity contribution in [3.05, 3.63) is 23.4 Å². The lowest BCUT2D eigenvalue weighted by molar-refractivity contribution is 0.0940. The van der Waals surface area contributed by atoms with E-state index >= 15 is 0 Å². The maximum absolute atomic E-state index is 12.0. The van der Waals surface area contributed by atoms with Crippen molar-refractivity contribution in [3.8, 4) is 0 Å². The molecule has 0 fully saturated rings. The molecule has 1 amide bonds. The Balaban J connectivity index is 2.30. The summed E-state index contributed by atoms with van der Waals surface area (Å²) >= 11 is 0. The Bertz CT molecular complexity index is 422. The molecule has 0 unspecified atom stereocenters. The lowest BCUT2D eigenvalue weighted by Gasteiger charge is -2.08. The van der Waals surface area contributed by atoms with Gasteiger partial charge in [0, 0.05) is 38.1 Å². The first-order valence-corrected chi connectivity index (χ1v) is 7.19. The van der Waals surface area contributed by atoms with Gasteiger partial charge in [0.1, 0.15) is 5.82 Å². The van der Waals surface area contributed by atoms with Gasteiger partial charge in [0.2, 0.25) is 0 Å². The van der Waals surface area contributed by atoms with E-state index in [0.29, 0.717) is 24.5 Å². The molecule has 1 heterocycles. The highest BCUT2D eigenvalue weighted by molar-refractivity contribution is 5.94. The van der Waals surface area contributed by atoms with Gasteiger partial charge in [-0.25, -0.2) is 4.98 Å². The third-order valence-corrected chi connectivity index (χ3v) is 2.86. The molecule has 0 aliphatic heterocycles. The normalized spacial score (nSPS) is 10.3. The Morgan fingerprint density at radius 2 is 2.05 bits per heavy atom. The number of nitrogens with zero attached hydrogens (tertiary/aromatic N) is 1. The first-order chi connectivity index (χ1) is 9.67. The molecule has 2 N–H and O–H groups in total. The fourth-order valence-electron chi connectivity index (χ4n) is 1.75. The average Bonchev–Trinajstić information content (AvgIpc) is 2.45. The van der Waals surface area contributed by atoms with E-state index in [1.165, 1.54) is 0 Å². The molecular weight excluding hydrogens is 254 g/mol. The van der Waals surface area contributed by atoms with Crippen LogP contribution in [0.3, 0.4) is 0 Å². The number of ether oxygens (including phenoxy) is 1. The molecule has 5 nitrogen and oxygen atoms in total. The smallest absolute Gasteiger partial charge is 0.251 e. The van der Waals surface area contributed by atoms with E-state index in [4.69, 9.17) is 4.74 Å². The summed E-state index contributed by atoms with van der Waals surface area (Å²) in [4.78, 5) is 16.3. The van der Waals surface area contributed by atoms with E-state index in [1.54, 1.807) is 19.2 Å². The number of hydrogen-bond donors (Lipinski definition) is 2. The average molecular weight is 279 g/mol. The third-order valence-electron chi connectivity index (χ3n) is 2.86. The summed E-state index contributed by atoms with van der Waals surface area (Å²) in [6.07, 6.45) is 3.07. The van der Waals surface area contributed by atoms with Crippen LogP contribution in [0.4, 0.5) is 5.82 Å². The molecular formula is C15H25N3O2. The number of unbranched alkanes of at least 4 members (excludes halogenated alkanes) is 1. The second-order valence-electron chi connectivity index (χ2n) is 4.71. The molecule has 0 bridgehead atoms. The zero-order valence-electron chi connectivity index (χ0n) is 12.7. The van der Waals surface area contributed by atoms with Crippen LogP contribution in [0.5, 0.6) is 0 Å². The molecule has 1 aromatic heterocycles. The Labute approximate surface area is 121 Å². The van der Waals surface area contributed by atoms with Crippen LogP contribution in [0.2, 0.25) is 0 Å². The molecule has 20 heavy (non-hydrogen) atoms. The summed E-state index contributed by atoms with van der Waals surface area (Å²) in [5.74, 6) is 0.638. The number of rotatable bonds is 9. The predicted molar refractivity (Wildman–Crippen MR) is 81.2 cm³/mol. The summed E-state index contributed by atoms with van der Waals surface area (Å²) in [6, 6.07) is 3.54. The molecule has 0 aromatic carbocycles. The highest BCUT2D eigenvalue weighted by atomic mass is 16.5. The predicted octanol–water partition coefficient (Wildman–Crippen LogP) is 2.37. The summed E-state index contributed by atoms with van der Waals surface area (Å²) in [7, 11) is 1.79. The second kappa shape index (κ2) is 9.31. The molecule has 0 atom stereocenters. The minimum absolute atomic E-state index is 0.0689. The van der Waals surface area contributed by atoms with Crippen LogP contribution < -0.4 is 10.6 Å². The SMILES string of the molecule is CCCCOCCCNC(=O)c1cc(C)nc(NC)c1. The van der Waals surface area contributed by atoms with Crippen molar-refractivity contribution in [1.29, 1.82) is 0 Å². The fourth-order valence-corrected chi connectivity index (χ4v) is 1.75. The Morgan fingerprint density at radius 1 is 1.30 bits per heavy atom. The standard InChI is InChI=1S/C15H25N3O2/c1-4-5-8-20-9-6-7-17-15(19)13-10-12(2)18-14(11-13)16-3/h10-11H,4-9H2,1-3H3,(H,16,18)(H,17,19). The van der Waals surface area contributed by atoms with Gasteiger partial charge >= 0.3 is 0 Å². The van der Waals surface area contributed by atoms with Crippen LogP contribution in [0.25, 0.3) is 0 Å². The van der Waals surface area contributed by atoms with Gasteiger partial charge in [0.15, 0.2) is 0 Å². The maximum atomic E-state index is 12.0. The largest absolute Gasteiger partial charge is 0.381 e. The minimum Gasteiger partial charge on any atom is -0.381 e. The topological polar surface area (TPSA) is 63.2 Å². The van der Waals surface area contributed by atoms with Gasteiger partial charge in [-0.2, -0.15) is 0 Å². The summed E-state index contributed by atoms with van der Waals surface area (Å²) in [6.45, 7) is 6.14. The second-order valence-corrected chi connectivity index (χ2v) is 4.71. The minimum atomic E-state index is -0.0689. The van der Waals surface area contributed by atoms with Crippen LogP contribution in [0, 0.1) is 6.92 Å². The number of amides is 1. The number of hydrogen-bond acceptors (Lipinski definition) is 4. The van der Waals surface area contributed by atoms with Crippen molar-refractivity contribution in [2.75, 3.05) is 32.1 Å². The van der Waals surface area contributed by atoms with Crippen LogP contribution in [-0.2, 0) is 4.74 Å². The molecule has 1 rings (SSSR count). The van der Waals surface area contributed by atoms with Crippen LogP contribution in [0.1, 0.15) is 42.2 Å². The van der Waals surface area contributed by atoms with E-state index in [0.717, 1.165) is 31.6 Å². The van der Waals surface area contributed by atoms with Crippen LogP contribution in [-0.4, -0.2) is 37.7 Å².